The third-order valence-electron chi connectivity index (χ3n) is 4.42. The fourth-order valence-corrected chi connectivity index (χ4v) is 3.36. The molecule has 0 saturated carbocycles. The minimum absolute atomic E-state index is 0.0628. The molecule has 136 valence electrons. The second-order valence-electron chi connectivity index (χ2n) is 6.16. The predicted molar refractivity (Wildman–Crippen MR) is 87.7 cm³/mol. The average molecular weight is 367 g/mol. The first-order valence-electron chi connectivity index (χ1n) is 8.35. The monoisotopic (exact) mass is 366 g/mol. The van der Waals surface area contributed by atoms with Crippen LogP contribution in [-0.4, -0.2) is 31.1 Å². The highest BCUT2D eigenvalue weighted by atomic mass is 35.5. The molecule has 1 aliphatic heterocycles. The van der Waals surface area contributed by atoms with E-state index >= 15 is 0 Å². The van der Waals surface area contributed by atoms with Gasteiger partial charge < -0.3 is 5.32 Å². The van der Waals surface area contributed by atoms with Crippen molar-refractivity contribution in [2.45, 2.75) is 44.8 Å². The van der Waals surface area contributed by atoms with Crippen LogP contribution in [0.1, 0.15) is 49.8 Å². The standard InChI is InChI=1S/C17H23ClF4N2/c1-2-3-4-5-15(24-8-6-23-7-9-24)13-10-12(17(20,21)22)11-14(18)16(13)19/h10-11,15,23H,2-9H2,1H3/t15-/m0/s1. The Morgan fingerprint density at radius 3 is 2.46 bits per heavy atom. The summed E-state index contributed by atoms with van der Waals surface area (Å²) >= 11 is 5.76. The summed E-state index contributed by atoms with van der Waals surface area (Å²) in [6, 6.07) is 1.22. The lowest BCUT2D eigenvalue weighted by Crippen LogP contribution is -2.45. The molecule has 1 saturated heterocycles. The highest BCUT2D eigenvalue weighted by molar-refractivity contribution is 6.30. The van der Waals surface area contributed by atoms with Crippen LogP contribution in [-0.2, 0) is 6.18 Å². The third-order valence-corrected chi connectivity index (χ3v) is 4.69. The lowest BCUT2D eigenvalue weighted by molar-refractivity contribution is -0.137. The number of hydrogen-bond acceptors (Lipinski definition) is 2. The second kappa shape index (κ2) is 8.50. The van der Waals surface area contributed by atoms with Crippen LogP contribution in [0.15, 0.2) is 12.1 Å². The van der Waals surface area contributed by atoms with Crippen molar-refractivity contribution in [1.82, 2.24) is 10.2 Å². The van der Waals surface area contributed by atoms with E-state index < -0.39 is 22.6 Å². The zero-order valence-corrected chi connectivity index (χ0v) is 14.5. The van der Waals surface area contributed by atoms with Crippen LogP contribution in [0, 0.1) is 5.82 Å². The van der Waals surface area contributed by atoms with Crippen LogP contribution in [0.25, 0.3) is 0 Å². The SMILES string of the molecule is CCCCC[C@@H](c1cc(C(F)(F)F)cc(Cl)c1F)N1CCNCC1. The zero-order chi connectivity index (χ0) is 17.7. The third kappa shape index (κ3) is 4.83. The first kappa shape index (κ1) is 19.5. The van der Waals surface area contributed by atoms with Gasteiger partial charge in [-0.25, -0.2) is 4.39 Å². The molecule has 0 spiro atoms. The summed E-state index contributed by atoms with van der Waals surface area (Å²) in [5.74, 6) is -0.732. The van der Waals surface area contributed by atoms with Crippen molar-refractivity contribution in [3.8, 4) is 0 Å². The summed E-state index contributed by atoms with van der Waals surface area (Å²) in [4.78, 5) is 2.06. The number of alkyl halides is 3. The molecule has 7 heteroatoms. The lowest BCUT2D eigenvalue weighted by atomic mass is 9.95. The maximum absolute atomic E-state index is 14.5. The van der Waals surface area contributed by atoms with Crippen molar-refractivity contribution in [3.05, 3.63) is 34.1 Å². The molecule has 0 bridgehead atoms. The number of halogens is 5. The molecule has 1 heterocycles. The topological polar surface area (TPSA) is 15.3 Å². The number of nitrogens with one attached hydrogen (secondary N) is 1. The van der Waals surface area contributed by atoms with Crippen LogP contribution in [0.4, 0.5) is 17.6 Å². The van der Waals surface area contributed by atoms with Crippen molar-refractivity contribution in [2.24, 2.45) is 0 Å². The van der Waals surface area contributed by atoms with Crippen molar-refractivity contribution in [1.29, 1.82) is 0 Å². The molecule has 0 radical (unpaired) electrons. The maximum Gasteiger partial charge on any atom is 0.416 e. The first-order chi connectivity index (χ1) is 11.3. The van der Waals surface area contributed by atoms with Crippen LogP contribution < -0.4 is 5.32 Å². The van der Waals surface area contributed by atoms with Crippen LogP contribution in [0.5, 0.6) is 0 Å². The molecule has 0 aromatic heterocycles. The van der Waals surface area contributed by atoms with Gasteiger partial charge in [0.1, 0.15) is 5.82 Å². The van der Waals surface area contributed by atoms with E-state index in [1.54, 1.807) is 0 Å². The van der Waals surface area contributed by atoms with Gasteiger partial charge in [-0.15, -0.1) is 0 Å². The van der Waals surface area contributed by atoms with E-state index in [4.69, 9.17) is 11.6 Å². The Morgan fingerprint density at radius 1 is 1.21 bits per heavy atom. The van der Waals surface area contributed by atoms with Gasteiger partial charge >= 0.3 is 6.18 Å². The molecule has 2 rings (SSSR count). The fraction of sp³-hybridized carbons (Fsp3) is 0.647. The predicted octanol–water partition coefficient (Wildman–Crippen LogP) is 5.02. The number of nitrogens with zero attached hydrogens (tertiary/aromatic N) is 1. The van der Waals surface area contributed by atoms with Crippen molar-refractivity contribution >= 4 is 11.6 Å². The minimum atomic E-state index is -4.54. The molecular weight excluding hydrogens is 344 g/mol. The Bertz CT molecular complexity index is 542. The largest absolute Gasteiger partial charge is 0.416 e. The van der Waals surface area contributed by atoms with Crippen molar-refractivity contribution in [3.63, 3.8) is 0 Å². The van der Waals surface area contributed by atoms with Gasteiger partial charge in [0.25, 0.3) is 0 Å². The Kier molecular flexibility index (Phi) is 6.89. The highest BCUT2D eigenvalue weighted by Gasteiger charge is 2.34. The van der Waals surface area contributed by atoms with Crippen molar-refractivity contribution in [2.75, 3.05) is 26.2 Å². The molecule has 0 amide bonds. The molecule has 0 aliphatic carbocycles. The molecule has 1 aromatic carbocycles. The zero-order valence-electron chi connectivity index (χ0n) is 13.7. The number of hydrogen-bond donors (Lipinski definition) is 1. The van der Waals surface area contributed by atoms with E-state index in [1.807, 2.05) is 0 Å². The fourth-order valence-electron chi connectivity index (χ4n) is 3.13. The normalized spacial score (nSPS) is 17.9. The van der Waals surface area contributed by atoms with E-state index in [-0.39, 0.29) is 11.6 Å². The van der Waals surface area contributed by atoms with E-state index in [2.05, 4.69) is 17.1 Å². The van der Waals surface area contributed by atoms with Gasteiger partial charge in [-0.05, 0) is 18.6 Å². The minimum Gasteiger partial charge on any atom is -0.314 e. The molecule has 1 fully saturated rings. The lowest BCUT2D eigenvalue weighted by Gasteiger charge is -2.36. The molecule has 1 N–H and O–H groups in total. The molecule has 2 nitrogen and oxygen atoms in total. The van der Waals surface area contributed by atoms with Gasteiger partial charge in [0, 0.05) is 37.8 Å². The molecular formula is C17H23ClF4N2. The van der Waals surface area contributed by atoms with Gasteiger partial charge in [-0.2, -0.15) is 13.2 Å². The van der Waals surface area contributed by atoms with E-state index in [9.17, 15) is 17.6 Å². The summed E-state index contributed by atoms with van der Waals surface area (Å²) in [6.45, 7) is 4.92. The van der Waals surface area contributed by atoms with Gasteiger partial charge in [0.2, 0.25) is 0 Å². The van der Waals surface area contributed by atoms with Gasteiger partial charge in [0.05, 0.1) is 10.6 Å². The maximum atomic E-state index is 14.5. The Balaban J connectivity index is 2.37. The Hall–Kier alpha value is -0.850. The number of unbranched alkanes of at least 4 members (excludes halogenated alkanes) is 2. The van der Waals surface area contributed by atoms with E-state index in [0.29, 0.717) is 25.6 Å². The van der Waals surface area contributed by atoms with E-state index in [1.165, 1.54) is 0 Å². The average Bonchev–Trinajstić information content (AvgIpc) is 2.54. The smallest absolute Gasteiger partial charge is 0.314 e. The van der Waals surface area contributed by atoms with Crippen molar-refractivity contribution < 1.29 is 17.6 Å². The van der Waals surface area contributed by atoms with Gasteiger partial charge in [-0.3, -0.25) is 4.90 Å². The molecule has 1 aliphatic rings. The van der Waals surface area contributed by atoms with Gasteiger partial charge in [0.15, 0.2) is 0 Å². The summed E-state index contributed by atoms with van der Waals surface area (Å²) in [5, 5.41) is 2.75. The number of rotatable bonds is 6. The Labute approximate surface area is 145 Å². The second-order valence-corrected chi connectivity index (χ2v) is 6.56. The van der Waals surface area contributed by atoms with Gasteiger partial charge in [-0.1, -0.05) is 37.8 Å². The van der Waals surface area contributed by atoms with Crippen LogP contribution in [0.2, 0.25) is 5.02 Å². The highest BCUT2D eigenvalue weighted by Crippen LogP contribution is 2.38. The molecule has 0 unspecified atom stereocenters. The van der Waals surface area contributed by atoms with Crippen LogP contribution >= 0.6 is 11.6 Å². The molecule has 1 atom stereocenters. The first-order valence-corrected chi connectivity index (χ1v) is 8.73. The van der Waals surface area contributed by atoms with Crippen LogP contribution in [0.3, 0.4) is 0 Å². The number of piperazine rings is 1. The number of benzene rings is 1. The summed E-state index contributed by atoms with van der Waals surface area (Å²) in [7, 11) is 0. The van der Waals surface area contributed by atoms with E-state index in [0.717, 1.165) is 38.4 Å². The molecule has 24 heavy (non-hydrogen) atoms. The Morgan fingerprint density at radius 2 is 1.88 bits per heavy atom. The summed E-state index contributed by atoms with van der Waals surface area (Å²) in [5.41, 5.74) is -0.827. The quantitative estimate of drug-likeness (QED) is 0.561. The molecule has 1 aromatic rings. The summed E-state index contributed by atoms with van der Waals surface area (Å²) in [6.07, 6.45) is -1.10. The summed E-state index contributed by atoms with van der Waals surface area (Å²) < 4.78 is 53.8.